The molecule has 2 N–H and O–H groups in total. The van der Waals surface area contributed by atoms with Crippen molar-refractivity contribution in [3.05, 3.63) is 65.2 Å². The molecule has 0 aliphatic carbocycles. The first-order chi connectivity index (χ1) is 13.0. The molecule has 1 fully saturated rings. The fourth-order valence-electron chi connectivity index (χ4n) is 3.54. The standard InChI is InChI=1S/C21H24F2N2O2/c22-18-11-16(12-19(23)13-18)10-15-6-8-25(14-15)7-1-9-27-20-4-2-17(3-5-20)21(24)26/h2-5,11-13,15H,1,6-10,14H2,(H2,24,26). The van der Waals surface area contributed by atoms with Crippen LogP contribution in [0.3, 0.4) is 0 Å². The molecule has 1 atom stereocenters. The minimum atomic E-state index is -0.513. The molecule has 1 heterocycles. The van der Waals surface area contributed by atoms with Gasteiger partial charge in [0.05, 0.1) is 6.61 Å². The molecule has 27 heavy (non-hydrogen) atoms. The van der Waals surface area contributed by atoms with E-state index in [1.54, 1.807) is 24.3 Å². The summed E-state index contributed by atoms with van der Waals surface area (Å²) in [5.41, 5.74) is 6.39. The molecule has 2 aromatic carbocycles. The molecule has 1 saturated heterocycles. The van der Waals surface area contributed by atoms with Crippen molar-refractivity contribution in [3.63, 3.8) is 0 Å². The van der Waals surface area contributed by atoms with Crippen LogP contribution < -0.4 is 10.5 Å². The van der Waals surface area contributed by atoms with E-state index in [4.69, 9.17) is 10.5 Å². The lowest BCUT2D eigenvalue weighted by Gasteiger charge is -2.16. The van der Waals surface area contributed by atoms with E-state index in [9.17, 15) is 13.6 Å². The van der Waals surface area contributed by atoms with E-state index >= 15 is 0 Å². The Morgan fingerprint density at radius 2 is 1.85 bits per heavy atom. The summed E-state index contributed by atoms with van der Waals surface area (Å²) in [5.74, 6) is -0.339. The Labute approximate surface area is 157 Å². The molecule has 0 aromatic heterocycles. The van der Waals surface area contributed by atoms with Gasteiger partial charge in [-0.25, -0.2) is 8.78 Å². The molecule has 1 unspecified atom stereocenters. The fraction of sp³-hybridized carbons (Fsp3) is 0.381. The van der Waals surface area contributed by atoms with E-state index in [0.29, 0.717) is 30.3 Å². The SMILES string of the molecule is NC(=O)c1ccc(OCCCN2CCC(Cc3cc(F)cc(F)c3)C2)cc1. The third kappa shape index (κ3) is 5.76. The number of ether oxygens (including phenoxy) is 1. The minimum Gasteiger partial charge on any atom is -0.494 e. The van der Waals surface area contributed by atoms with Crippen LogP contribution in [0.4, 0.5) is 8.78 Å². The lowest BCUT2D eigenvalue weighted by atomic mass is 9.98. The van der Waals surface area contributed by atoms with Crippen LogP contribution in [0, 0.1) is 17.6 Å². The number of hydrogen-bond acceptors (Lipinski definition) is 3. The van der Waals surface area contributed by atoms with Gasteiger partial charge in [0.25, 0.3) is 0 Å². The predicted octanol–water partition coefficient (Wildman–Crippen LogP) is 3.40. The van der Waals surface area contributed by atoms with Gasteiger partial charge >= 0.3 is 0 Å². The van der Waals surface area contributed by atoms with Gasteiger partial charge in [-0.05, 0) is 73.7 Å². The number of rotatable bonds is 8. The molecule has 1 amide bonds. The van der Waals surface area contributed by atoms with Crippen molar-refractivity contribution in [3.8, 4) is 5.75 Å². The van der Waals surface area contributed by atoms with Crippen molar-refractivity contribution in [2.45, 2.75) is 19.3 Å². The van der Waals surface area contributed by atoms with Gasteiger partial charge in [0.2, 0.25) is 5.91 Å². The Kier molecular flexibility index (Phi) is 6.40. The number of primary amides is 1. The topological polar surface area (TPSA) is 55.6 Å². The average Bonchev–Trinajstić information content (AvgIpc) is 3.05. The number of amides is 1. The number of nitrogens with two attached hydrogens (primary N) is 1. The predicted molar refractivity (Wildman–Crippen MR) is 99.7 cm³/mol. The maximum absolute atomic E-state index is 13.3. The molecule has 0 spiro atoms. The first kappa shape index (κ1) is 19.3. The van der Waals surface area contributed by atoms with Crippen LogP contribution in [0.25, 0.3) is 0 Å². The molecule has 1 aliphatic rings. The van der Waals surface area contributed by atoms with Crippen molar-refractivity contribution in [1.29, 1.82) is 0 Å². The van der Waals surface area contributed by atoms with Gasteiger partial charge in [-0.3, -0.25) is 4.79 Å². The highest BCUT2D eigenvalue weighted by molar-refractivity contribution is 5.92. The summed E-state index contributed by atoms with van der Waals surface area (Å²) in [6.07, 6.45) is 2.63. The van der Waals surface area contributed by atoms with Crippen molar-refractivity contribution in [1.82, 2.24) is 4.90 Å². The van der Waals surface area contributed by atoms with E-state index in [-0.39, 0.29) is 0 Å². The van der Waals surface area contributed by atoms with Crippen molar-refractivity contribution >= 4 is 5.91 Å². The van der Waals surface area contributed by atoms with Crippen molar-refractivity contribution in [2.75, 3.05) is 26.2 Å². The smallest absolute Gasteiger partial charge is 0.248 e. The first-order valence-corrected chi connectivity index (χ1v) is 9.19. The molecule has 4 nitrogen and oxygen atoms in total. The van der Waals surface area contributed by atoms with Crippen LogP contribution in [0.2, 0.25) is 0 Å². The Bertz CT molecular complexity index is 760. The van der Waals surface area contributed by atoms with Crippen molar-refractivity contribution < 1.29 is 18.3 Å². The highest BCUT2D eigenvalue weighted by Crippen LogP contribution is 2.22. The first-order valence-electron chi connectivity index (χ1n) is 9.19. The third-order valence-electron chi connectivity index (χ3n) is 4.84. The molecule has 1 aliphatic heterocycles. The number of carbonyl (C=O) groups excluding carboxylic acids is 1. The molecule has 3 rings (SSSR count). The summed E-state index contributed by atoms with van der Waals surface area (Å²) in [7, 11) is 0. The summed E-state index contributed by atoms with van der Waals surface area (Å²) in [4.78, 5) is 13.4. The van der Waals surface area contributed by atoms with Crippen LogP contribution in [0.1, 0.15) is 28.8 Å². The lowest BCUT2D eigenvalue weighted by molar-refractivity contribution is 0.1000. The van der Waals surface area contributed by atoms with E-state index in [2.05, 4.69) is 4.90 Å². The fourth-order valence-corrected chi connectivity index (χ4v) is 3.54. The number of hydrogen-bond donors (Lipinski definition) is 1. The molecule has 0 saturated carbocycles. The van der Waals surface area contributed by atoms with Crippen LogP contribution in [0.15, 0.2) is 42.5 Å². The Morgan fingerprint density at radius 1 is 1.15 bits per heavy atom. The van der Waals surface area contributed by atoms with E-state index < -0.39 is 17.5 Å². The highest BCUT2D eigenvalue weighted by atomic mass is 19.1. The zero-order chi connectivity index (χ0) is 19.2. The zero-order valence-electron chi connectivity index (χ0n) is 15.2. The van der Waals surface area contributed by atoms with Gasteiger partial charge in [-0.2, -0.15) is 0 Å². The number of likely N-dealkylation sites (tertiary alicyclic amines) is 1. The lowest BCUT2D eigenvalue weighted by Crippen LogP contribution is -2.23. The van der Waals surface area contributed by atoms with Gasteiger partial charge < -0.3 is 15.4 Å². The summed E-state index contributed by atoms with van der Waals surface area (Å²) in [5, 5.41) is 0. The molecule has 2 aromatic rings. The van der Waals surface area contributed by atoms with Crippen LogP contribution in [0.5, 0.6) is 5.75 Å². The van der Waals surface area contributed by atoms with Crippen LogP contribution in [-0.4, -0.2) is 37.0 Å². The molecule has 144 valence electrons. The molecule has 0 radical (unpaired) electrons. The maximum atomic E-state index is 13.3. The Hall–Kier alpha value is -2.47. The average molecular weight is 374 g/mol. The second-order valence-corrected chi connectivity index (χ2v) is 7.03. The highest BCUT2D eigenvalue weighted by Gasteiger charge is 2.22. The summed E-state index contributed by atoms with van der Waals surface area (Å²) >= 11 is 0. The van der Waals surface area contributed by atoms with Crippen LogP contribution in [-0.2, 0) is 6.42 Å². The summed E-state index contributed by atoms with van der Waals surface area (Å²) in [6, 6.07) is 10.5. The summed E-state index contributed by atoms with van der Waals surface area (Å²) < 4.78 is 32.3. The molecular weight excluding hydrogens is 350 g/mol. The number of benzene rings is 2. The van der Waals surface area contributed by atoms with E-state index in [1.807, 2.05) is 0 Å². The van der Waals surface area contributed by atoms with Crippen molar-refractivity contribution in [2.24, 2.45) is 11.7 Å². The Morgan fingerprint density at radius 3 is 2.52 bits per heavy atom. The van der Waals surface area contributed by atoms with E-state index in [1.165, 1.54) is 12.1 Å². The Balaban J connectivity index is 1.37. The summed E-state index contributed by atoms with van der Waals surface area (Å²) in [6.45, 7) is 3.45. The number of carbonyl (C=O) groups is 1. The van der Waals surface area contributed by atoms with Gasteiger partial charge in [0.1, 0.15) is 17.4 Å². The molecule has 6 heteroatoms. The molecule has 0 bridgehead atoms. The monoisotopic (exact) mass is 374 g/mol. The van der Waals surface area contributed by atoms with Crippen LogP contribution >= 0.6 is 0 Å². The maximum Gasteiger partial charge on any atom is 0.248 e. The van der Waals surface area contributed by atoms with Gasteiger partial charge in [0, 0.05) is 24.7 Å². The normalized spacial score (nSPS) is 17.2. The number of halogens is 2. The second kappa shape index (κ2) is 8.95. The van der Waals surface area contributed by atoms with E-state index in [0.717, 1.165) is 44.1 Å². The largest absolute Gasteiger partial charge is 0.494 e. The zero-order valence-corrected chi connectivity index (χ0v) is 15.2. The second-order valence-electron chi connectivity index (χ2n) is 7.03. The number of nitrogens with zero attached hydrogens (tertiary/aromatic N) is 1. The van der Waals surface area contributed by atoms with Gasteiger partial charge in [-0.1, -0.05) is 0 Å². The minimum absolute atomic E-state index is 0.425. The quantitative estimate of drug-likeness (QED) is 0.721. The van der Waals surface area contributed by atoms with Gasteiger partial charge in [-0.15, -0.1) is 0 Å². The third-order valence-corrected chi connectivity index (χ3v) is 4.84. The van der Waals surface area contributed by atoms with Gasteiger partial charge in [0.15, 0.2) is 0 Å². The molecular formula is C21H24F2N2O2.